The summed E-state index contributed by atoms with van der Waals surface area (Å²) in [6.45, 7) is 4.97. The summed E-state index contributed by atoms with van der Waals surface area (Å²) in [6, 6.07) is 8.67. The first-order valence-electron chi connectivity index (χ1n) is 6.63. The van der Waals surface area contributed by atoms with Crippen molar-refractivity contribution in [3.63, 3.8) is 0 Å². The summed E-state index contributed by atoms with van der Waals surface area (Å²) in [6.07, 6.45) is 2.64. The van der Waals surface area contributed by atoms with Gasteiger partial charge in [0, 0.05) is 12.1 Å². The molecule has 0 unspecified atom stereocenters. The van der Waals surface area contributed by atoms with E-state index < -0.39 is 0 Å². The lowest BCUT2D eigenvalue weighted by Gasteiger charge is -2.05. The van der Waals surface area contributed by atoms with E-state index in [0.29, 0.717) is 0 Å². The zero-order valence-electron chi connectivity index (χ0n) is 11.0. The Labute approximate surface area is 108 Å². The predicted molar refractivity (Wildman–Crippen MR) is 74.5 cm³/mol. The number of nitrogen functional groups attached to an aromatic ring is 1. The molecule has 0 radical (unpaired) electrons. The quantitative estimate of drug-likeness (QED) is 0.895. The zero-order valence-corrected chi connectivity index (χ0v) is 11.0. The number of nitrogens with zero attached hydrogens (tertiary/aromatic N) is 2. The van der Waals surface area contributed by atoms with Gasteiger partial charge in [0.25, 0.3) is 0 Å². The van der Waals surface area contributed by atoms with Gasteiger partial charge in [0.2, 0.25) is 0 Å². The standard InChI is InChI=1S/C15H19N3/c1-3-18-10(2)17-14(15(18)16)13-6-4-5-12(9-13)11-7-8-11/h4-6,9,11H,3,7-8,16H2,1-2H3. The Morgan fingerprint density at radius 2 is 2.17 bits per heavy atom. The first-order valence-corrected chi connectivity index (χ1v) is 6.63. The van der Waals surface area contributed by atoms with Gasteiger partial charge < -0.3 is 10.3 Å². The van der Waals surface area contributed by atoms with E-state index in [1.54, 1.807) is 0 Å². The molecule has 94 valence electrons. The number of nitrogens with two attached hydrogens (primary N) is 1. The van der Waals surface area contributed by atoms with Crippen molar-refractivity contribution in [1.29, 1.82) is 0 Å². The summed E-state index contributed by atoms with van der Waals surface area (Å²) in [5, 5.41) is 0. The van der Waals surface area contributed by atoms with Gasteiger partial charge in [0.05, 0.1) is 0 Å². The van der Waals surface area contributed by atoms with Gasteiger partial charge in [-0.05, 0) is 44.2 Å². The molecule has 1 aliphatic carbocycles. The number of imidazole rings is 1. The fourth-order valence-corrected chi connectivity index (χ4v) is 2.55. The summed E-state index contributed by atoms with van der Waals surface area (Å²) in [5.41, 5.74) is 9.69. The monoisotopic (exact) mass is 241 g/mol. The van der Waals surface area contributed by atoms with Crippen LogP contribution in [0.4, 0.5) is 5.82 Å². The Morgan fingerprint density at radius 3 is 2.78 bits per heavy atom. The molecule has 1 aromatic heterocycles. The van der Waals surface area contributed by atoms with Gasteiger partial charge in [-0.15, -0.1) is 0 Å². The lowest BCUT2D eigenvalue weighted by atomic mass is 10.1. The minimum Gasteiger partial charge on any atom is -0.383 e. The molecule has 0 saturated heterocycles. The molecule has 0 atom stereocenters. The molecule has 2 N–H and O–H groups in total. The van der Waals surface area contributed by atoms with Crippen LogP contribution in [0.2, 0.25) is 0 Å². The van der Waals surface area contributed by atoms with Crippen LogP contribution < -0.4 is 5.73 Å². The minimum absolute atomic E-state index is 0.764. The number of hydrogen-bond acceptors (Lipinski definition) is 2. The highest BCUT2D eigenvalue weighted by atomic mass is 15.1. The van der Waals surface area contributed by atoms with E-state index in [1.807, 2.05) is 6.92 Å². The van der Waals surface area contributed by atoms with Crippen LogP contribution in [0, 0.1) is 6.92 Å². The fraction of sp³-hybridized carbons (Fsp3) is 0.400. The van der Waals surface area contributed by atoms with Crippen molar-refractivity contribution in [2.75, 3.05) is 5.73 Å². The van der Waals surface area contributed by atoms with Crippen LogP contribution in [0.1, 0.15) is 37.1 Å². The molecule has 18 heavy (non-hydrogen) atoms. The highest BCUT2D eigenvalue weighted by molar-refractivity contribution is 5.71. The van der Waals surface area contributed by atoms with Crippen molar-refractivity contribution in [3.8, 4) is 11.3 Å². The molecule has 0 spiro atoms. The average Bonchev–Trinajstić information content (AvgIpc) is 3.17. The molecule has 1 saturated carbocycles. The number of rotatable bonds is 3. The fourth-order valence-electron chi connectivity index (χ4n) is 2.55. The highest BCUT2D eigenvalue weighted by Gasteiger charge is 2.24. The molecule has 1 heterocycles. The maximum atomic E-state index is 6.19. The van der Waals surface area contributed by atoms with Crippen LogP contribution in [-0.4, -0.2) is 9.55 Å². The lowest BCUT2D eigenvalue weighted by molar-refractivity contribution is 0.739. The van der Waals surface area contributed by atoms with E-state index >= 15 is 0 Å². The molecule has 1 fully saturated rings. The third-order valence-electron chi connectivity index (χ3n) is 3.72. The molecular weight excluding hydrogens is 222 g/mol. The van der Waals surface area contributed by atoms with Gasteiger partial charge in [-0.3, -0.25) is 0 Å². The van der Waals surface area contributed by atoms with Gasteiger partial charge in [-0.25, -0.2) is 4.98 Å². The number of aryl methyl sites for hydroxylation is 1. The van der Waals surface area contributed by atoms with E-state index in [4.69, 9.17) is 5.73 Å². The second-order valence-electron chi connectivity index (χ2n) is 5.04. The smallest absolute Gasteiger partial charge is 0.131 e. The maximum Gasteiger partial charge on any atom is 0.131 e. The third-order valence-corrected chi connectivity index (χ3v) is 3.72. The summed E-state index contributed by atoms with van der Waals surface area (Å²) in [5.74, 6) is 2.53. The lowest BCUT2D eigenvalue weighted by Crippen LogP contribution is -2.02. The van der Waals surface area contributed by atoms with Crippen LogP contribution >= 0.6 is 0 Å². The van der Waals surface area contributed by atoms with E-state index in [-0.39, 0.29) is 0 Å². The number of aromatic nitrogens is 2. The van der Waals surface area contributed by atoms with Crippen LogP contribution in [0.5, 0.6) is 0 Å². The Hall–Kier alpha value is -1.77. The first kappa shape index (κ1) is 11.3. The van der Waals surface area contributed by atoms with Crippen LogP contribution in [0.15, 0.2) is 24.3 Å². The molecule has 0 aliphatic heterocycles. The first-order chi connectivity index (χ1) is 8.70. The molecule has 0 amide bonds. The molecule has 3 heteroatoms. The van der Waals surface area contributed by atoms with Crippen molar-refractivity contribution in [3.05, 3.63) is 35.7 Å². The molecule has 0 bridgehead atoms. The minimum atomic E-state index is 0.764. The van der Waals surface area contributed by atoms with Crippen molar-refractivity contribution in [1.82, 2.24) is 9.55 Å². The van der Waals surface area contributed by atoms with Gasteiger partial charge in [0.15, 0.2) is 0 Å². The summed E-state index contributed by atoms with van der Waals surface area (Å²) < 4.78 is 2.05. The largest absolute Gasteiger partial charge is 0.383 e. The van der Waals surface area contributed by atoms with Crippen LogP contribution in [0.3, 0.4) is 0 Å². The summed E-state index contributed by atoms with van der Waals surface area (Å²) in [7, 11) is 0. The van der Waals surface area contributed by atoms with Crippen molar-refractivity contribution in [2.24, 2.45) is 0 Å². The number of anilines is 1. The second kappa shape index (κ2) is 4.16. The van der Waals surface area contributed by atoms with Gasteiger partial charge in [-0.1, -0.05) is 18.2 Å². The summed E-state index contributed by atoms with van der Waals surface area (Å²) in [4.78, 5) is 4.61. The van der Waals surface area contributed by atoms with E-state index in [0.717, 1.165) is 35.4 Å². The Balaban J connectivity index is 2.06. The topological polar surface area (TPSA) is 43.8 Å². The van der Waals surface area contributed by atoms with Crippen molar-refractivity contribution >= 4 is 5.82 Å². The molecule has 3 nitrogen and oxygen atoms in total. The van der Waals surface area contributed by atoms with Gasteiger partial charge in [0.1, 0.15) is 17.3 Å². The summed E-state index contributed by atoms with van der Waals surface area (Å²) >= 11 is 0. The number of hydrogen-bond donors (Lipinski definition) is 1. The van der Waals surface area contributed by atoms with E-state index in [9.17, 15) is 0 Å². The van der Waals surface area contributed by atoms with Crippen molar-refractivity contribution < 1.29 is 0 Å². The molecule has 2 aromatic rings. The third kappa shape index (κ3) is 1.80. The average molecular weight is 241 g/mol. The zero-order chi connectivity index (χ0) is 12.7. The predicted octanol–water partition coefficient (Wildman–Crippen LogP) is 3.34. The maximum absolute atomic E-state index is 6.19. The Bertz CT molecular complexity index is 579. The molecular formula is C15H19N3. The Kier molecular flexibility index (Phi) is 2.62. The second-order valence-corrected chi connectivity index (χ2v) is 5.04. The van der Waals surface area contributed by atoms with Gasteiger partial charge in [-0.2, -0.15) is 0 Å². The SMILES string of the molecule is CCn1c(C)nc(-c2cccc(C3CC3)c2)c1N. The van der Waals surface area contributed by atoms with Crippen molar-refractivity contribution in [2.45, 2.75) is 39.2 Å². The highest BCUT2D eigenvalue weighted by Crippen LogP contribution is 2.41. The molecule has 1 aromatic carbocycles. The van der Waals surface area contributed by atoms with E-state index in [1.165, 1.54) is 18.4 Å². The number of benzene rings is 1. The van der Waals surface area contributed by atoms with Gasteiger partial charge >= 0.3 is 0 Å². The molecule has 1 aliphatic rings. The van der Waals surface area contributed by atoms with E-state index in [2.05, 4.69) is 40.7 Å². The van der Waals surface area contributed by atoms with Crippen LogP contribution in [-0.2, 0) is 6.54 Å². The molecule has 3 rings (SSSR count). The normalized spacial score (nSPS) is 15.0. The Morgan fingerprint density at radius 1 is 1.39 bits per heavy atom. The van der Waals surface area contributed by atoms with Crippen LogP contribution in [0.25, 0.3) is 11.3 Å².